The Morgan fingerprint density at radius 2 is 2.33 bits per heavy atom. The number of nitrogens with one attached hydrogen (secondary N) is 1. The minimum absolute atomic E-state index is 0.151. The van der Waals surface area contributed by atoms with E-state index in [1.807, 2.05) is 0 Å². The lowest BCUT2D eigenvalue weighted by Crippen LogP contribution is -2.07. The van der Waals surface area contributed by atoms with Crippen molar-refractivity contribution in [3.8, 4) is 0 Å². The van der Waals surface area contributed by atoms with Crippen LogP contribution in [0.5, 0.6) is 0 Å². The number of rotatable bonds is 6. The number of H-pyrrole nitrogens is 1. The summed E-state index contributed by atoms with van der Waals surface area (Å²) >= 11 is 0.894. The molecule has 1 atom stereocenters. The third-order valence-electron chi connectivity index (χ3n) is 1.73. The van der Waals surface area contributed by atoms with Gasteiger partial charge in [-0.1, -0.05) is 11.8 Å². The quantitative estimate of drug-likeness (QED) is 0.643. The first-order valence-electron chi connectivity index (χ1n) is 5.02. The van der Waals surface area contributed by atoms with E-state index in [0.717, 1.165) is 23.2 Å². The number of allylic oxidation sites excluding steroid dienone is 1. The van der Waals surface area contributed by atoms with Crippen molar-refractivity contribution in [2.24, 2.45) is 0 Å². The SMILES string of the molecule is CCOC(=O)c1cnc(S/C=C/C(F)C(F)F)[nH]1. The molecule has 0 bridgehead atoms. The highest BCUT2D eigenvalue weighted by molar-refractivity contribution is 8.02. The van der Waals surface area contributed by atoms with E-state index < -0.39 is 18.6 Å². The fourth-order valence-electron chi connectivity index (χ4n) is 0.938. The molecule has 0 fully saturated rings. The van der Waals surface area contributed by atoms with Crippen molar-refractivity contribution in [1.29, 1.82) is 0 Å². The second kappa shape index (κ2) is 7.10. The van der Waals surface area contributed by atoms with Crippen LogP contribution in [0.15, 0.2) is 22.8 Å². The number of carbonyl (C=O) groups is 1. The van der Waals surface area contributed by atoms with Crippen LogP contribution >= 0.6 is 11.8 Å². The number of esters is 1. The number of aromatic nitrogens is 2. The zero-order valence-corrected chi connectivity index (χ0v) is 10.2. The van der Waals surface area contributed by atoms with Crippen LogP contribution < -0.4 is 0 Å². The van der Waals surface area contributed by atoms with Gasteiger partial charge in [-0.05, 0) is 18.4 Å². The highest BCUT2D eigenvalue weighted by Gasteiger charge is 2.15. The summed E-state index contributed by atoms with van der Waals surface area (Å²) in [5, 5.41) is 1.43. The van der Waals surface area contributed by atoms with E-state index in [9.17, 15) is 18.0 Å². The number of nitrogens with zero attached hydrogens (tertiary/aromatic N) is 1. The normalized spacial score (nSPS) is 13.2. The van der Waals surface area contributed by atoms with E-state index >= 15 is 0 Å². The highest BCUT2D eigenvalue weighted by atomic mass is 32.2. The van der Waals surface area contributed by atoms with Crippen LogP contribution in [0, 0.1) is 0 Å². The largest absolute Gasteiger partial charge is 0.461 e. The highest BCUT2D eigenvalue weighted by Crippen LogP contribution is 2.17. The van der Waals surface area contributed by atoms with Crippen LogP contribution in [0.1, 0.15) is 17.4 Å². The summed E-state index contributed by atoms with van der Waals surface area (Å²) in [4.78, 5) is 17.7. The second-order valence-corrected chi connectivity index (χ2v) is 3.94. The molecule has 4 nitrogen and oxygen atoms in total. The minimum atomic E-state index is -3.05. The summed E-state index contributed by atoms with van der Waals surface area (Å²) in [5.74, 6) is -0.559. The molecule has 0 aliphatic heterocycles. The third kappa shape index (κ3) is 4.44. The van der Waals surface area contributed by atoms with Crippen molar-refractivity contribution in [2.75, 3.05) is 6.61 Å². The van der Waals surface area contributed by atoms with Gasteiger partial charge in [0.15, 0.2) is 11.3 Å². The molecule has 18 heavy (non-hydrogen) atoms. The molecule has 0 spiro atoms. The monoisotopic (exact) mass is 280 g/mol. The van der Waals surface area contributed by atoms with Gasteiger partial charge in [0.1, 0.15) is 5.69 Å². The van der Waals surface area contributed by atoms with Crippen molar-refractivity contribution in [3.63, 3.8) is 0 Å². The third-order valence-corrected chi connectivity index (χ3v) is 2.45. The predicted molar refractivity (Wildman–Crippen MR) is 60.4 cm³/mol. The number of ether oxygens (including phenoxy) is 1. The van der Waals surface area contributed by atoms with Crippen LogP contribution in [0.3, 0.4) is 0 Å². The molecule has 1 aromatic heterocycles. The zero-order chi connectivity index (χ0) is 13.5. The second-order valence-electron chi connectivity index (χ2n) is 3.05. The Balaban J connectivity index is 2.52. The first-order chi connectivity index (χ1) is 8.54. The average molecular weight is 280 g/mol. The Morgan fingerprint density at radius 1 is 1.61 bits per heavy atom. The number of halogens is 3. The fraction of sp³-hybridized carbons (Fsp3) is 0.400. The first-order valence-corrected chi connectivity index (χ1v) is 5.90. The van der Waals surface area contributed by atoms with E-state index in [2.05, 4.69) is 9.97 Å². The zero-order valence-electron chi connectivity index (χ0n) is 9.40. The molecule has 0 radical (unpaired) electrons. The van der Waals surface area contributed by atoms with E-state index in [0.29, 0.717) is 0 Å². The van der Waals surface area contributed by atoms with E-state index in [1.165, 1.54) is 6.20 Å². The van der Waals surface area contributed by atoms with Crippen molar-refractivity contribution in [1.82, 2.24) is 9.97 Å². The van der Waals surface area contributed by atoms with E-state index in [-0.39, 0.29) is 17.5 Å². The summed E-state index contributed by atoms with van der Waals surface area (Å²) < 4.78 is 40.9. The van der Waals surface area contributed by atoms with Gasteiger partial charge in [-0.15, -0.1) is 0 Å². The summed E-state index contributed by atoms with van der Waals surface area (Å²) in [6.45, 7) is 1.90. The number of imidazole rings is 1. The van der Waals surface area contributed by atoms with Crippen molar-refractivity contribution in [3.05, 3.63) is 23.4 Å². The van der Waals surface area contributed by atoms with Crippen LogP contribution in [0.2, 0.25) is 0 Å². The maximum atomic E-state index is 12.5. The Labute approximate surface area is 106 Å². The number of aromatic amines is 1. The van der Waals surface area contributed by atoms with Crippen LogP contribution in [0.25, 0.3) is 0 Å². The molecule has 0 saturated heterocycles. The molecule has 1 aromatic rings. The molecule has 1 rings (SSSR count). The topological polar surface area (TPSA) is 55.0 Å². The summed E-state index contributed by atoms with van der Waals surface area (Å²) in [5.41, 5.74) is 0.151. The van der Waals surface area contributed by atoms with E-state index in [1.54, 1.807) is 6.92 Å². The fourth-order valence-corrected chi connectivity index (χ4v) is 1.58. The van der Waals surface area contributed by atoms with Gasteiger partial charge in [0.25, 0.3) is 6.43 Å². The summed E-state index contributed by atoms with van der Waals surface area (Å²) in [6.07, 6.45) is -3.37. The standard InChI is InChI=1S/C10H11F3N2O2S/c1-2-17-9(16)7-5-14-10(15-7)18-4-3-6(11)8(12)13/h3-6,8H,2H2,1H3,(H,14,15)/b4-3+. The smallest absolute Gasteiger partial charge is 0.356 e. The number of carbonyl (C=O) groups excluding carboxylic acids is 1. The molecule has 1 N–H and O–H groups in total. The molecule has 1 unspecified atom stereocenters. The van der Waals surface area contributed by atoms with Crippen LogP contribution in [-0.4, -0.2) is 35.1 Å². The molecule has 1 heterocycles. The maximum Gasteiger partial charge on any atom is 0.356 e. The Bertz CT molecular complexity index is 423. The number of thioether (sulfide) groups is 1. The van der Waals surface area contributed by atoms with Gasteiger partial charge in [-0.2, -0.15) is 0 Å². The Morgan fingerprint density at radius 3 is 2.94 bits per heavy atom. The average Bonchev–Trinajstić information content (AvgIpc) is 2.78. The Hall–Kier alpha value is -1.44. The molecular weight excluding hydrogens is 269 g/mol. The molecule has 0 amide bonds. The van der Waals surface area contributed by atoms with Crippen molar-refractivity contribution in [2.45, 2.75) is 24.7 Å². The van der Waals surface area contributed by atoms with Gasteiger partial charge in [0.05, 0.1) is 12.8 Å². The van der Waals surface area contributed by atoms with Gasteiger partial charge >= 0.3 is 5.97 Å². The molecular formula is C10H11F3N2O2S. The maximum absolute atomic E-state index is 12.5. The molecule has 0 saturated carbocycles. The minimum Gasteiger partial charge on any atom is -0.461 e. The molecule has 0 aromatic carbocycles. The summed E-state index contributed by atoms with van der Waals surface area (Å²) in [7, 11) is 0. The Kier molecular flexibility index (Phi) is 5.76. The summed E-state index contributed by atoms with van der Waals surface area (Å²) in [6, 6.07) is 0. The lowest BCUT2D eigenvalue weighted by atomic mass is 10.4. The van der Waals surface area contributed by atoms with Gasteiger partial charge < -0.3 is 9.72 Å². The molecule has 0 aliphatic carbocycles. The number of hydrogen-bond donors (Lipinski definition) is 1. The van der Waals surface area contributed by atoms with Gasteiger partial charge in [-0.3, -0.25) is 0 Å². The lowest BCUT2D eigenvalue weighted by molar-refractivity contribution is 0.0519. The van der Waals surface area contributed by atoms with Crippen LogP contribution in [0.4, 0.5) is 13.2 Å². The predicted octanol–water partition coefficient (Wildman–Crippen LogP) is 2.80. The molecule has 0 aliphatic rings. The van der Waals surface area contributed by atoms with Gasteiger partial charge in [0, 0.05) is 0 Å². The first kappa shape index (κ1) is 14.6. The molecule has 100 valence electrons. The van der Waals surface area contributed by atoms with Crippen molar-refractivity contribution >= 4 is 17.7 Å². The van der Waals surface area contributed by atoms with E-state index in [4.69, 9.17) is 4.74 Å². The van der Waals surface area contributed by atoms with Crippen LogP contribution in [-0.2, 0) is 4.74 Å². The number of alkyl halides is 3. The number of hydrogen-bond acceptors (Lipinski definition) is 4. The van der Waals surface area contributed by atoms with Crippen molar-refractivity contribution < 1.29 is 22.7 Å². The van der Waals surface area contributed by atoms with Gasteiger partial charge in [-0.25, -0.2) is 22.9 Å². The molecule has 8 heteroatoms. The lowest BCUT2D eigenvalue weighted by Gasteiger charge is -1.98. The van der Waals surface area contributed by atoms with Gasteiger partial charge in [0.2, 0.25) is 0 Å².